The Hall–Kier alpha value is -0.420. The number of aryl methyl sites for hydroxylation is 2. The first kappa shape index (κ1) is 26.2. The molecular formula is C28H39BrS3. The van der Waals surface area contributed by atoms with Crippen molar-refractivity contribution in [3.05, 3.63) is 44.6 Å². The van der Waals surface area contributed by atoms with Gasteiger partial charge < -0.3 is 0 Å². The molecule has 0 aromatic carbocycles. The van der Waals surface area contributed by atoms with Crippen molar-refractivity contribution >= 4 is 49.9 Å². The monoisotopic (exact) mass is 550 g/mol. The van der Waals surface area contributed by atoms with Gasteiger partial charge in [-0.2, -0.15) is 0 Å². The summed E-state index contributed by atoms with van der Waals surface area (Å²) >= 11 is 9.68. The van der Waals surface area contributed by atoms with E-state index in [1.54, 1.807) is 5.56 Å². The SMILES string of the molecule is CCCCCCCCc1cc(-c2cc(CCCCCCCC)c(-c3cccs3)s2)sc1Br. The highest BCUT2D eigenvalue weighted by Gasteiger charge is 2.16. The molecule has 0 saturated heterocycles. The van der Waals surface area contributed by atoms with Crippen LogP contribution in [0.5, 0.6) is 0 Å². The molecule has 0 nitrogen and oxygen atoms in total. The van der Waals surface area contributed by atoms with E-state index in [1.165, 1.54) is 119 Å². The lowest BCUT2D eigenvalue weighted by atomic mass is 10.0. The largest absolute Gasteiger partial charge is 0.143 e. The number of hydrogen-bond donors (Lipinski definition) is 0. The second-order valence-electron chi connectivity index (χ2n) is 8.89. The van der Waals surface area contributed by atoms with E-state index < -0.39 is 0 Å². The lowest BCUT2D eigenvalue weighted by molar-refractivity contribution is 0.607. The van der Waals surface area contributed by atoms with Crippen LogP contribution in [0.25, 0.3) is 19.5 Å². The average Bonchev–Trinajstić information content (AvgIpc) is 3.53. The van der Waals surface area contributed by atoms with E-state index in [1.807, 2.05) is 34.0 Å². The number of hydrogen-bond acceptors (Lipinski definition) is 3. The minimum absolute atomic E-state index is 1.21. The first-order valence-electron chi connectivity index (χ1n) is 12.7. The van der Waals surface area contributed by atoms with Gasteiger partial charge in [0.05, 0.1) is 3.79 Å². The molecule has 32 heavy (non-hydrogen) atoms. The van der Waals surface area contributed by atoms with Crippen molar-refractivity contribution in [3.8, 4) is 19.5 Å². The van der Waals surface area contributed by atoms with Gasteiger partial charge in [-0.1, -0.05) is 84.1 Å². The lowest BCUT2D eigenvalue weighted by Crippen LogP contribution is -1.86. The van der Waals surface area contributed by atoms with Crippen LogP contribution in [0.1, 0.15) is 102 Å². The Bertz CT molecular complexity index is 888. The van der Waals surface area contributed by atoms with Gasteiger partial charge in [-0.05, 0) is 76.3 Å². The van der Waals surface area contributed by atoms with E-state index in [0.29, 0.717) is 0 Å². The number of halogens is 1. The van der Waals surface area contributed by atoms with Crippen molar-refractivity contribution in [2.45, 2.75) is 104 Å². The smallest absolute Gasteiger partial charge is 0.0737 e. The molecular weight excluding hydrogens is 512 g/mol. The molecule has 0 fully saturated rings. The molecule has 0 N–H and O–H groups in total. The zero-order chi connectivity index (χ0) is 22.6. The summed E-state index contributed by atoms with van der Waals surface area (Å²) < 4.78 is 1.34. The fourth-order valence-electron chi connectivity index (χ4n) is 4.24. The molecule has 176 valence electrons. The minimum Gasteiger partial charge on any atom is -0.143 e. The molecule has 0 atom stereocenters. The maximum absolute atomic E-state index is 3.87. The summed E-state index contributed by atoms with van der Waals surface area (Å²) in [5.41, 5.74) is 3.06. The highest BCUT2D eigenvalue weighted by Crippen LogP contribution is 2.44. The Labute approximate surface area is 216 Å². The molecule has 0 saturated carbocycles. The Morgan fingerprint density at radius 3 is 1.84 bits per heavy atom. The van der Waals surface area contributed by atoms with Gasteiger partial charge in [0, 0.05) is 19.5 Å². The third kappa shape index (κ3) is 8.11. The average molecular weight is 552 g/mol. The van der Waals surface area contributed by atoms with E-state index in [2.05, 4.69) is 59.4 Å². The Morgan fingerprint density at radius 1 is 0.656 bits per heavy atom. The van der Waals surface area contributed by atoms with Crippen molar-refractivity contribution in [2.24, 2.45) is 0 Å². The van der Waals surface area contributed by atoms with E-state index in [9.17, 15) is 0 Å². The van der Waals surface area contributed by atoms with Crippen LogP contribution < -0.4 is 0 Å². The maximum Gasteiger partial charge on any atom is 0.0737 e. The summed E-state index contributed by atoms with van der Waals surface area (Å²) in [5, 5.41) is 2.21. The zero-order valence-electron chi connectivity index (χ0n) is 19.9. The third-order valence-electron chi connectivity index (χ3n) is 6.15. The molecule has 0 spiro atoms. The molecule has 0 bridgehead atoms. The molecule has 0 radical (unpaired) electrons. The van der Waals surface area contributed by atoms with Crippen molar-refractivity contribution in [2.75, 3.05) is 0 Å². The fourth-order valence-corrected chi connectivity index (χ4v) is 8.18. The summed E-state index contributed by atoms with van der Waals surface area (Å²) in [4.78, 5) is 5.83. The molecule has 0 amide bonds. The van der Waals surface area contributed by atoms with E-state index in [4.69, 9.17) is 0 Å². The van der Waals surface area contributed by atoms with Crippen molar-refractivity contribution in [3.63, 3.8) is 0 Å². The Balaban J connectivity index is 1.64. The minimum atomic E-state index is 1.21. The Morgan fingerprint density at radius 2 is 1.22 bits per heavy atom. The van der Waals surface area contributed by atoms with Crippen LogP contribution >= 0.6 is 49.9 Å². The van der Waals surface area contributed by atoms with Crippen LogP contribution in [0.4, 0.5) is 0 Å². The third-order valence-corrected chi connectivity index (χ3v) is 10.5. The topological polar surface area (TPSA) is 0 Å². The van der Waals surface area contributed by atoms with Crippen LogP contribution in [0.3, 0.4) is 0 Å². The molecule has 0 unspecified atom stereocenters. The first-order chi connectivity index (χ1) is 15.7. The second kappa shape index (κ2) is 14.8. The molecule has 4 heteroatoms. The molecule has 3 aromatic heterocycles. The number of thiophene rings is 3. The molecule has 0 aliphatic carbocycles. The van der Waals surface area contributed by atoms with E-state index in [0.717, 1.165) is 0 Å². The second-order valence-corrected chi connectivity index (χ2v) is 13.3. The summed E-state index contributed by atoms with van der Waals surface area (Å²) in [5.74, 6) is 0. The molecule has 0 aliphatic rings. The molecule has 0 aliphatic heterocycles. The summed E-state index contributed by atoms with van der Waals surface area (Å²) in [6, 6.07) is 9.44. The fraction of sp³-hybridized carbons (Fsp3) is 0.571. The van der Waals surface area contributed by atoms with Crippen LogP contribution in [0.15, 0.2) is 33.4 Å². The van der Waals surface area contributed by atoms with E-state index >= 15 is 0 Å². The van der Waals surface area contributed by atoms with Gasteiger partial charge in [-0.25, -0.2) is 0 Å². The highest BCUT2D eigenvalue weighted by molar-refractivity contribution is 9.11. The van der Waals surface area contributed by atoms with Crippen LogP contribution in [-0.2, 0) is 12.8 Å². The lowest BCUT2D eigenvalue weighted by Gasteiger charge is -2.02. The van der Waals surface area contributed by atoms with Gasteiger partial charge in [-0.15, -0.1) is 34.0 Å². The zero-order valence-corrected chi connectivity index (χ0v) is 23.9. The summed E-state index contributed by atoms with van der Waals surface area (Å²) in [6.07, 6.45) is 18.8. The van der Waals surface area contributed by atoms with Crippen molar-refractivity contribution in [1.82, 2.24) is 0 Å². The number of rotatable bonds is 16. The summed E-state index contributed by atoms with van der Waals surface area (Å²) in [6.45, 7) is 4.58. The van der Waals surface area contributed by atoms with Gasteiger partial charge in [-0.3, -0.25) is 0 Å². The highest BCUT2D eigenvalue weighted by atomic mass is 79.9. The van der Waals surface area contributed by atoms with Gasteiger partial charge in [0.25, 0.3) is 0 Å². The Kier molecular flexibility index (Phi) is 12.1. The van der Waals surface area contributed by atoms with Gasteiger partial charge in [0.1, 0.15) is 0 Å². The van der Waals surface area contributed by atoms with Gasteiger partial charge in [0.15, 0.2) is 0 Å². The predicted octanol–water partition coefficient (Wildman–Crippen LogP) is 11.8. The van der Waals surface area contributed by atoms with Crippen LogP contribution in [0, 0.1) is 0 Å². The maximum atomic E-state index is 3.87. The van der Waals surface area contributed by atoms with E-state index in [-0.39, 0.29) is 0 Å². The predicted molar refractivity (Wildman–Crippen MR) is 153 cm³/mol. The van der Waals surface area contributed by atoms with Crippen LogP contribution in [0.2, 0.25) is 0 Å². The quantitative estimate of drug-likeness (QED) is 0.155. The van der Waals surface area contributed by atoms with Crippen LogP contribution in [-0.4, -0.2) is 0 Å². The van der Waals surface area contributed by atoms with Crippen molar-refractivity contribution in [1.29, 1.82) is 0 Å². The van der Waals surface area contributed by atoms with Crippen molar-refractivity contribution < 1.29 is 0 Å². The molecule has 3 aromatic rings. The number of unbranched alkanes of at least 4 members (excludes halogenated alkanes) is 10. The molecule has 3 heterocycles. The normalized spacial score (nSPS) is 11.5. The molecule has 3 rings (SSSR count). The standard InChI is InChI=1S/C28H39BrS3/c1-3-5-7-9-11-13-16-22-20-25(31-27(22)24-18-15-19-30-24)26-21-23(28(29)32-26)17-14-12-10-8-6-4-2/h15,18-21H,3-14,16-17H2,1-2H3. The summed E-state index contributed by atoms with van der Waals surface area (Å²) in [7, 11) is 0. The van der Waals surface area contributed by atoms with Gasteiger partial charge in [0.2, 0.25) is 0 Å². The first-order valence-corrected chi connectivity index (χ1v) is 16.0. The van der Waals surface area contributed by atoms with Gasteiger partial charge >= 0.3 is 0 Å².